The first-order chi connectivity index (χ1) is 11.0. The Balaban J connectivity index is 2.30. The second kappa shape index (κ2) is 6.54. The average molecular weight is 377 g/mol. The first kappa shape index (κ1) is 16.9. The minimum absolute atomic E-state index is 0.0890. The van der Waals surface area contributed by atoms with Gasteiger partial charge in [-0.15, -0.1) is 0 Å². The molecule has 0 aromatic carbocycles. The van der Waals surface area contributed by atoms with Gasteiger partial charge in [0.2, 0.25) is 0 Å². The Morgan fingerprint density at radius 3 is 2.70 bits per heavy atom. The van der Waals surface area contributed by atoms with Crippen LogP contribution in [-0.2, 0) is 29.7 Å². The Morgan fingerprint density at radius 2 is 2.00 bits per heavy atom. The van der Waals surface area contributed by atoms with Gasteiger partial charge in [0, 0.05) is 0 Å². The maximum atomic E-state index is 9.58. The van der Waals surface area contributed by atoms with Crippen LogP contribution in [0.1, 0.15) is 50.7 Å². The Bertz CT molecular complexity index is 724. The van der Waals surface area contributed by atoms with Crippen LogP contribution in [0.5, 0.6) is 0 Å². The normalized spacial score (nSPS) is 15.2. The van der Waals surface area contributed by atoms with Gasteiger partial charge in [0.05, 0.1) is 0 Å². The van der Waals surface area contributed by atoms with Crippen LogP contribution in [0.15, 0.2) is 0 Å². The van der Waals surface area contributed by atoms with Crippen LogP contribution in [0, 0.1) is 0 Å². The summed E-state index contributed by atoms with van der Waals surface area (Å²) in [5, 5.41) is 9.58. The standard InChI is InChI=1S/C17H24AsN3O2/c1-4-23-17(2,3)16-20-13-14(21(16)9-10-22)11-7-5-6-8-12(11)19-15(13)18/h22H,4-10H2,1-3H3. The predicted molar refractivity (Wildman–Crippen MR) is 91.3 cm³/mol. The molecule has 1 aliphatic rings. The van der Waals surface area contributed by atoms with E-state index in [0.717, 1.165) is 34.2 Å². The van der Waals surface area contributed by atoms with Gasteiger partial charge in [0.25, 0.3) is 0 Å². The second-order valence-corrected chi connectivity index (χ2v) is 7.41. The molecule has 0 atom stereocenters. The Labute approximate surface area is 146 Å². The Morgan fingerprint density at radius 1 is 1.26 bits per heavy atom. The zero-order valence-electron chi connectivity index (χ0n) is 14.1. The van der Waals surface area contributed by atoms with E-state index in [-0.39, 0.29) is 6.61 Å². The summed E-state index contributed by atoms with van der Waals surface area (Å²) in [6, 6.07) is 0. The number of pyridine rings is 1. The molecule has 0 saturated carbocycles. The predicted octanol–water partition coefficient (Wildman–Crippen LogP) is 1.37. The fourth-order valence-corrected chi connectivity index (χ4v) is 4.15. The van der Waals surface area contributed by atoms with Crippen molar-refractivity contribution in [2.45, 2.75) is 58.6 Å². The van der Waals surface area contributed by atoms with E-state index in [1.165, 1.54) is 24.1 Å². The topological polar surface area (TPSA) is 60.2 Å². The third kappa shape index (κ3) is 2.95. The molecule has 0 bridgehead atoms. The summed E-state index contributed by atoms with van der Waals surface area (Å²) < 4.78 is 8.99. The molecule has 5 nitrogen and oxygen atoms in total. The molecule has 23 heavy (non-hydrogen) atoms. The van der Waals surface area contributed by atoms with Crippen molar-refractivity contribution in [1.82, 2.24) is 14.5 Å². The third-order valence-corrected chi connectivity index (χ3v) is 5.17. The number of aromatic nitrogens is 3. The molecule has 2 aromatic rings. The van der Waals surface area contributed by atoms with Gasteiger partial charge >= 0.3 is 146 Å². The molecular formula is C17H24AsN3O2. The summed E-state index contributed by atoms with van der Waals surface area (Å²) in [7, 11) is 0. The molecule has 3 rings (SSSR count). The summed E-state index contributed by atoms with van der Waals surface area (Å²) in [6.45, 7) is 7.31. The SMILES string of the molecule is CCOC(C)(C)c1nc2c([As])nc3c(c2n1CCO)CCCC3. The summed E-state index contributed by atoms with van der Waals surface area (Å²) in [4.78, 5) is 9.66. The minimum atomic E-state index is -0.496. The van der Waals surface area contributed by atoms with Gasteiger partial charge in [0.1, 0.15) is 0 Å². The van der Waals surface area contributed by atoms with Crippen LogP contribution in [0.4, 0.5) is 0 Å². The molecule has 0 spiro atoms. The molecule has 0 aliphatic heterocycles. The molecule has 124 valence electrons. The number of hydrogen-bond acceptors (Lipinski definition) is 4. The summed E-state index contributed by atoms with van der Waals surface area (Å²) in [5.41, 5.74) is 4.08. The van der Waals surface area contributed by atoms with Crippen LogP contribution >= 0.6 is 0 Å². The van der Waals surface area contributed by atoms with Crippen molar-refractivity contribution in [3.8, 4) is 0 Å². The molecule has 2 radical (unpaired) electrons. The molecule has 0 unspecified atom stereocenters. The molecule has 0 fully saturated rings. The number of rotatable bonds is 5. The quantitative estimate of drug-likeness (QED) is 0.800. The van der Waals surface area contributed by atoms with Crippen LogP contribution in [-0.4, -0.2) is 49.7 Å². The van der Waals surface area contributed by atoms with Gasteiger partial charge in [-0.25, -0.2) is 0 Å². The van der Waals surface area contributed by atoms with Crippen molar-refractivity contribution in [3.05, 3.63) is 17.1 Å². The van der Waals surface area contributed by atoms with Crippen molar-refractivity contribution in [2.75, 3.05) is 13.2 Å². The first-order valence-electron chi connectivity index (χ1n) is 8.35. The number of imidazole rings is 1. The summed E-state index contributed by atoms with van der Waals surface area (Å²) in [5.74, 6) is 0.872. The van der Waals surface area contributed by atoms with Crippen LogP contribution in [0.25, 0.3) is 11.0 Å². The molecule has 0 amide bonds. The van der Waals surface area contributed by atoms with Crippen molar-refractivity contribution >= 4 is 32.4 Å². The van der Waals surface area contributed by atoms with Gasteiger partial charge in [-0.05, 0) is 0 Å². The van der Waals surface area contributed by atoms with E-state index < -0.39 is 5.60 Å². The number of aryl methyl sites for hydroxylation is 2. The Hall–Kier alpha value is -0.902. The fraction of sp³-hybridized carbons (Fsp3) is 0.647. The number of aliphatic hydroxyl groups excluding tert-OH is 1. The number of aliphatic hydroxyl groups is 1. The van der Waals surface area contributed by atoms with Crippen LogP contribution < -0.4 is 4.48 Å². The first-order valence-corrected chi connectivity index (χ1v) is 9.29. The van der Waals surface area contributed by atoms with E-state index in [2.05, 4.69) is 21.4 Å². The molecule has 1 aliphatic carbocycles. The van der Waals surface area contributed by atoms with Crippen LogP contribution in [0.2, 0.25) is 0 Å². The van der Waals surface area contributed by atoms with Gasteiger partial charge < -0.3 is 0 Å². The zero-order valence-corrected chi connectivity index (χ0v) is 16.0. The van der Waals surface area contributed by atoms with E-state index in [9.17, 15) is 5.11 Å². The van der Waals surface area contributed by atoms with E-state index in [0.29, 0.717) is 13.2 Å². The summed E-state index contributed by atoms with van der Waals surface area (Å²) >= 11 is 2.55. The second-order valence-electron chi connectivity index (χ2n) is 6.52. The molecular weight excluding hydrogens is 353 g/mol. The zero-order chi connectivity index (χ0) is 16.6. The van der Waals surface area contributed by atoms with Gasteiger partial charge in [-0.3, -0.25) is 0 Å². The van der Waals surface area contributed by atoms with Gasteiger partial charge in [-0.1, -0.05) is 0 Å². The van der Waals surface area contributed by atoms with E-state index in [1.54, 1.807) is 0 Å². The monoisotopic (exact) mass is 377 g/mol. The molecule has 6 heteroatoms. The van der Waals surface area contributed by atoms with Crippen molar-refractivity contribution in [1.29, 1.82) is 0 Å². The Kier molecular flexibility index (Phi) is 4.82. The van der Waals surface area contributed by atoms with E-state index >= 15 is 0 Å². The number of fused-ring (bicyclic) bond motifs is 3. The number of hydrogen-bond donors (Lipinski definition) is 1. The van der Waals surface area contributed by atoms with Crippen molar-refractivity contribution in [3.63, 3.8) is 0 Å². The maximum absolute atomic E-state index is 9.58. The summed E-state index contributed by atoms with van der Waals surface area (Å²) in [6.07, 6.45) is 4.46. The molecule has 2 heterocycles. The molecule has 0 saturated heterocycles. The fourth-order valence-electron chi connectivity index (χ4n) is 3.57. The number of nitrogens with zero attached hydrogens (tertiary/aromatic N) is 3. The van der Waals surface area contributed by atoms with Gasteiger partial charge in [-0.2, -0.15) is 0 Å². The van der Waals surface area contributed by atoms with Crippen molar-refractivity contribution < 1.29 is 9.84 Å². The van der Waals surface area contributed by atoms with Crippen LogP contribution in [0.3, 0.4) is 0 Å². The average Bonchev–Trinajstić information content (AvgIpc) is 2.89. The molecule has 2 aromatic heterocycles. The van der Waals surface area contributed by atoms with E-state index in [1.807, 2.05) is 20.8 Å². The number of ether oxygens (including phenoxy) is 1. The van der Waals surface area contributed by atoms with Gasteiger partial charge in [0.15, 0.2) is 0 Å². The third-order valence-electron chi connectivity index (χ3n) is 4.51. The molecule has 1 N–H and O–H groups in total. The van der Waals surface area contributed by atoms with Crippen molar-refractivity contribution in [2.24, 2.45) is 0 Å². The van der Waals surface area contributed by atoms with E-state index in [4.69, 9.17) is 14.7 Å².